The van der Waals surface area contributed by atoms with Crippen LogP contribution in [0.5, 0.6) is 0 Å². The molecule has 3 heteroatoms. The highest BCUT2D eigenvalue weighted by atomic mass is 32.2. The van der Waals surface area contributed by atoms with Crippen molar-refractivity contribution in [2.75, 3.05) is 5.75 Å². The lowest BCUT2D eigenvalue weighted by atomic mass is 9.77. The summed E-state index contributed by atoms with van der Waals surface area (Å²) in [5, 5.41) is 3.56. The zero-order valence-electron chi connectivity index (χ0n) is 15.8. The Labute approximate surface area is 162 Å². The van der Waals surface area contributed by atoms with Gasteiger partial charge in [-0.3, -0.25) is 4.99 Å². The number of thiophene rings is 1. The number of hydrogen-bond donors (Lipinski definition) is 1. The fraction of sp³-hybridized carbons (Fsp3) is 0.348. The summed E-state index contributed by atoms with van der Waals surface area (Å²) < 4.78 is 1.41. The molecular weight excluding hydrogens is 354 g/mol. The van der Waals surface area contributed by atoms with Gasteiger partial charge in [-0.15, -0.1) is 11.3 Å². The Kier molecular flexibility index (Phi) is 3.48. The molecule has 2 aromatic carbocycles. The monoisotopic (exact) mass is 379 g/mol. The summed E-state index contributed by atoms with van der Waals surface area (Å²) in [5.41, 5.74) is 8.31. The summed E-state index contributed by atoms with van der Waals surface area (Å²) in [4.78, 5) is 6.39. The maximum atomic E-state index is 4.83. The molecule has 2 unspecified atom stereocenters. The standard InChI is InChI=1S/C23H25NS2/c1-22(2,3)18-9-16-12-23(4,13-26-14-24-19(10-18)21(16)26)17-6-5-15-7-8-25-20(15)11-17/h5-11,14,26H,12-13H2,1-4H3. The van der Waals surface area contributed by atoms with Crippen molar-refractivity contribution in [2.45, 2.75) is 49.8 Å². The first-order valence-electron chi connectivity index (χ1n) is 9.30. The predicted molar refractivity (Wildman–Crippen MR) is 118 cm³/mol. The largest absolute Gasteiger partial charge is 0.250 e. The van der Waals surface area contributed by atoms with Crippen molar-refractivity contribution in [2.24, 2.45) is 4.99 Å². The topological polar surface area (TPSA) is 12.4 Å². The van der Waals surface area contributed by atoms with Crippen LogP contribution in [-0.2, 0) is 17.3 Å². The van der Waals surface area contributed by atoms with Crippen LogP contribution in [0.25, 0.3) is 10.1 Å². The number of benzene rings is 2. The molecular formula is C23H25NS2. The second kappa shape index (κ2) is 5.46. The number of thiol groups is 1. The summed E-state index contributed by atoms with van der Waals surface area (Å²) in [7, 11) is -0.273. The van der Waals surface area contributed by atoms with Crippen LogP contribution in [0.3, 0.4) is 0 Å². The summed E-state index contributed by atoms with van der Waals surface area (Å²) in [6, 6.07) is 14.1. The van der Waals surface area contributed by atoms with Gasteiger partial charge < -0.3 is 0 Å². The molecule has 26 heavy (non-hydrogen) atoms. The van der Waals surface area contributed by atoms with Gasteiger partial charge in [0, 0.05) is 20.6 Å². The summed E-state index contributed by atoms with van der Waals surface area (Å²) >= 11 is 1.85. The molecule has 2 aliphatic heterocycles. The molecule has 5 rings (SSSR count). The van der Waals surface area contributed by atoms with Gasteiger partial charge in [0.1, 0.15) is 0 Å². The number of rotatable bonds is 1. The van der Waals surface area contributed by atoms with Crippen LogP contribution in [0.4, 0.5) is 5.69 Å². The van der Waals surface area contributed by atoms with E-state index in [2.05, 4.69) is 75.0 Å². The minimum absolute atomic E-state index is 0.163. The number of nitrogens with zero attached hydrogens (tertiary/aromatic N) is 1. The Morgan fingerprint density at radius 3 is 2.77 bits per heavy atom. The Balaban J connectivity index is 1.64. The van der Waals surface area contributed by atoms with Crippen molar-refractivity contribution in [3.05, 3.63) is 58.5 Å². The molecule has 0 spiro atoms. The first kappa shape index (κ1) is 16.6. The van der Waals surface area contributed by atoms with Crippen LogP contribution in [0, 0.1) is 0 Å². The molecule has 0 saturated heterocycles. The first-order chi connectivity index (χ1) is 12.3. The third-order valence-electron chi connectivity index (χ3n) is 5.91. The Bertz CT molecular complexity index is 1050. The first-order valence-corrected chi connectivity index (χ1v) is 11.8. The van der Waals surface area contributed by atoms with Crippen LogP contribution in [0.2, 0.25) is 0 Å². The van der Waals surface area contributed by atoms with Crippen LogP contribution in [0.1, 0.15) is 44.4 Å². The fourth-order valence-corrected chi connectivity index (χ4v) is 7.78. The lowest BCUT2D eigenvalue weighted by molar-refractivity contribution is 0.518. The second-order valence-corrected chi connectivity index (χ2v) is 11.9. The maximum absolute atomic E-state index is 4.83. The van der Waals surface area contributed by atoms with Gasteiger partial charge in [-0.25, -0.2) is 0 Å². The van der Waals surface area contributed by atoms with Crippen molar-refractivity contribution in [1.82, 2.24) is 0 Å². The normalized spacial score (nSPS) is 25.6. The van der Waals surface area contributed by atoms with Crippen molar-refractivity contribution in [3.8, 4) is 0 Å². The van der Waals surface area contributed by atoms with E-state index in [1.165, 1.54) is 38.2 Å². The van der Waals surface area contributed by atoms with Gasteiger partial charge in [0.2, 0.25) is 0 Å². The molecule has 2 atom stereocenters. The molecule has 1 aromatic heterocycles. The lowest BCUT2D eigenvalue weighted by Crippen LogP contribution is -2.33. The Morgan fingerprint density at radius 1 is 1.12 bits per heavy atom. The van der Waals surface area contributed by atoms with Gasteiger partial charge in [0.05, 0.1) is 5.69 Å². The fourth-order valence-electron chi connectivity index (χ4n) is 4.36. The molecule has 0 amide bonds. The average Bonchev–Trinajstić information content (AvgIpc) is 3.20. The zero-order chi connectivity index (χ0) is 18.1. The summed E-state index contributed by atoms with van der Waals surface area (Å²) in [6.45, 7) is 9.36. The van der Waals surface area contributed by atoms with Crippen molar-refractivity contribution < 1.29 is 0 Å². The Morgan fingerprint density at radius 2 is 1.96 bits per heavy atom. The lowest BCUT2D eigenvalue weighted by Gasteiger charge is -2.40. The van der Waals surface area contributed by atoms with E-state index in [1.54, 1.807) is 4.90 Å². The van der Waals surface area contributed by atoms with Crippen LogP contribution in [0.15, 0.2) is 51.7 Å². The molecule has 0 bridgehead atoms. The highest BCUT2D eigenvalue weighted by Crippen LogP contribution is 2.57. The maximum Gasteiger partial charge on any atom is 0.0763 e. The van der Waals surface area contributed by atoms with E-state index in [0.717, 1.165) is 6.42 Å². The van der Waals surface area contributed by atoms with Crippen molar-refractivity contribution >= 4 is 43.6 Å². The van der Waals surface area contributed by atoms with Gasteiger partial charge >= 0.3 is 0 Å². The number of fused-ring (bicyclic) bond motifs is 1. The number of aliphatic imine (C=N–C) groups is 1. The molecule has 3 heterocycles. The smallest absolute Gasteiger partial charge is 0.0763 e. The number of hydrogen-bond acceptors (Lipinski definition) is 2. The minimum Gasteiger partial charge on any atom is -0.250 e. The van der Waals surface area contributed by atoms with Crippen LogP contribution in [-0.4, -0.2) is 11.3 Å². The van der Waals surface area contributed by atoms with Gasteiger partial charge in [-0.2, -0.15) is 10.9 Å². The zero-order valence-corrected chi connectivity index (χ0v) is 17.5. The SMILES string of the molecule is CC(C)(C)c1cc2c3c(c1)N=C[SH]3CC(C)(c1ccc3ccsc3c1)C2. The van der Waals surface area contributed by atoms with E-state index in [1.807, 2.05) is 11.3 Å². The molecule has 134 valence electrons. The third kappa shape index (κ3) is 2.48. The summed E-state index contributed by atoms with van der Waals surface area (Å²) in [6.07, 6.45) is 1.12. The molecule has 0 N–H and O–H groups in total. The minimum atomic E-state index is -0.273. The molecule has 3 aromatic rings. The molecule has 0 radical (unpaired) electrons. The van der Waals surface area contributed by atoms with Crippen LogP contribution < -0.4 is 0 Å². The van der Waals surface area contributed by atoms with Crippen molar-refractivity contribution in [3.63, 3.8) is 0 Å². The van der Waals surface area contributed by atoms with Crippen molar-refractivity contribution in [1.29, 1.82) is 0 Å². The highest BCUT2D eigenvalue weighted by Gasteiger charge is 2.38. The van der Waals surface area contributed by atoms with E-state index in [9.17, 15) is 0 Å². The van der Waals surface area contributed by atoms with E-state index in [0.29, 0.717) is 0 Å². The molecule has 1 nitrogen and oxygen atoms in total. The quantitative estimate of drug-likeness (QED) is 0.449. The average molecular weight is 380 g/mol. The molecule has 0 saturated carbocycles. The van der Waals surface area contributed by atoms with Gasteiger partial charge in [-0.05, 0) is 63.2 Å². The van der Waals surface area contributed by atoms with Gasteiger partial charge in [0.25, 0.3) is 0 Å². The van der Waals surface area contributed by atoms with Gasteiger partial charge in [0.15, 0.2) is 0 Å². The van der Waals surface area contributed by atoms with E-state index in [-0.39, 0.29) is 21.7 Å². The van der Waals surface area contributed by atoms with E-state index >= 15 is 0 Å². The highest BCUT2D eigenvalue weighted by molar-refractivity contribution is 8.29. The van der Waals surface area contributed by atoms with E-state index in [4.69, 9.17) is 4.99 Å². The molecule has 0 aliphatic carbocycles. The second-order valence-electron chi connectivity index (χ2n) is 9.04. The predicted octanol–water partition coefficient (Wildman–Crippen LogP) is 6.75. The molecule has 2 aliphatic rings. The van der Waals surface area contributed by atoms with Crippen LogP contribution >= 0.6 is 22.2 Å². The summed E-state index contributed by atoms with van der Waals surface area (Å²) in [5.74, 6) is 1.22. The molecule has 0 fully saturated rings. The van der Waals surface area contributed by atoms with Gasteiger partial charge in [-0.1, -0.05) is 45.9 Å². The third-order valence-corrected chi connectivity index (χ3v) is 9.31. The Hall–Kier alpha value is -1.58. The van der Waals surface area contributed by atoms with E-state index < -0.39 is 0 Å².